The summed E-state index contributed by atoms with van der Waals surface area (Å²) in [5.41, 5.74) is 1.62. The molecule has 2 N–H and O–H groups in total. The Hall–Kier alpha value is -1.27. The van der Waals surface area contributed by atoms with Crippen LogP contribution >= 0.6 is 0 Å². The molecule has 1 aromatic carbocycles. The average molecular weight is 311 g/mol. The average Bonchev–Trinajstić information content (AvgIpc) is 2.40. The van der Waals surface area contributed by atoms with Gasteiger partial charge in [-0.05, 0) is 70.1 Å². The zero-order chi connectivity index (χ0) is 15.5. The molecule has 6 heteroatoms. The SMILES string of the molecule is CC(Nc1ccc(NS(C)(=O)=O)cc1)C1CCN(C)CC1. The van der Waals surface area contributed by atoms with Gasteiger partial charge in [-0.2, -0.15) is 0 Å². The number of sulfonamides is 1. The summed E-state index contributed by atoms with van der Waals surface area (Å²) in [6, 6.07) is 7.82. The van der Waals surface area contributed by atoms with E-state index in [-0.39, 0.29) is 0 Å². The number of piperidine rings is 1. The smallest absolute Gasteiger partial charge is 0.229 e. The van der Waals surface area contributed by atoms with Crippen molar-refractivity contribution in [2.75, 3.05) is 36.4 Å². The molecule has 1 aliphatic rings. The molecular formula is C15H25N3O2S. The van der Waals surface area contributed by atoms with E-state index in [1.807, 2.05) is 12.1 Å². The van der Waals surface area contributed by atoms with Gasteiger partial charge >= 0.3 is 0 Å². The Balaban J connectivity index is 1.90. The maximum atomic E-state index is 11.2. The molecule has 1 aromatic rings. The lowest BCUT2D eigenvalue weighted by Crippen LogP contribution is -2.37. The predicted octanol–water partition coefficient (Wildman–Crippen LogP) is 2.20. The van der Waals surface area contributed by atoms with Crippen LogP contribution in [0, 0.1) is 5.92 Å². The molecular weight excluding hydrogens is 286 g/mol. The summed E-state index contributed by atoms with van der Waals surface area (Å²) in [6.07, 6.45) is 3.60. The lowest BCUT2D eigenvalue weighted by Gasteiger charge is -2.33. The highest BCUT2D eigenvalue weighted by molar-refractivity contribution is 7.92. The number of benzene rings is 1. The van der Waals surface area contributed by atoms with Gasteiger partial charge in [-0.1, -0.05) is 0 Å². The Bertz CT molecular complexity index is 549. The maximum absolute atomic E-state index is 11.2. The molecule has 1 atom stereocenters. The quantitative estimate of drug-likeness (QED) is 0.875. The fraction of sp³-hybridized carbons (Fsp3) is 0.600. The lowest BCUT2D eigenvalue weighted by atomic mass is 9.90. The standard InChI is InChI=1S/C15H25N3O2S/c1-12(13-8-10-18(2)11-9-13)16-14-4-6-15(7-5-14)17-21(3,19)20/h4-7,12-13,16-17H,8-11H2,1-3H3. The number of likely N-dealkylation sites (tertiary alicyclic amines) is 1. The Kier molecular flexibility index (Phi) is 5.11. The van der Waals surface area contributed by atoms with Gasteiger partial charge in [0, 0.05) is 17.4 Å². The minimum absolute atomic E-state index is 0.424. The fourth-order valence-electron chi connectivity index (χ4n) is 2.76. The van der Waals surface area contributed by atoms with Crippen molar-refractivity contribution in [1.82, 2.24) is 4.90 Å². The molecule has 0 saturated carbocycles. The van der Waals surface area contributed by atoms with Gasteiger partial charge in [0.1, 0.15) is 0 Å². The van der Waals surface area contributed by atoms with E-state index in [0.29, 0.717) is 17.6 Å². The minimum Gasteiger partial charge on any atom is -0.382 e. The van der Waals surface area contributed by atoms with Crippen molar-refractivity contribution in [3.63, 3.8) is 0 Å². The van der Waals surface area contributed by atoms with Crippen molar-refractivity contribution in [3.05, 3.63) is 24.3 Å². The Labute approximate surface area is 127 Å². The number of nitrogens with one attached hydrogen (secondary N) is 2. The van der Waals surface area contributed by atoms with Crippen molar-refractivity contribution in [1.29, 1.82) is 0 Å². The molecule has 0 aromatic heterocycles. The van der Waals surface area contributed by atoms with Crippen LogP contribution in [0.25, 0.3) is 0 Å². The van der Waals surface area contributed by atoms with E-state index in [0.717, 1.165) is 25.0 Å². The van der Waals surface area contributed by atoms with Crippen molar-refractivity contribution in [2.24, 2.45) is 5.92 Å². The first kappa shape index (κ1) is 16.1. The van der Waals surface area contributed by atoms with Gasteiger partial charge in [-0.15, -0.1) is 0 Å². The van der Waals surface area contributed by atoms with E-state index >= 15 is 0 Å². The normalized spacial score (nSPS) is 19.2. The van der Waals surface area contributed by atoms with Crippen LogP contribution in [0.5, 0.6) is 0 Å². The molecule has 1 unspecified atom stereocenters. The van der Waals surface area contributed by atoms with E-state index in [1.165, 1.54) is 12.8 Å². The Morgan fingerprint density at radius 2 is 1.67 bits per heavy atom. The van der Waals surface area contributed by atoms with E-state index in [1.54, 1.807) is 12.1 Å². The Morgan fingerprint density at radius 3 is 2.19 bits per heavy atom. The second-order valence-electron chi connectivity index (χ2n) is 6.03. The number of nitrogens with zero attached hydrogens (tertiary/aromatic N) is 1. The van der Waals surface area contributed by atoms with Crippen LogP contribution in [0.2, 0.25) is 0 Å². The highest BCUT2D eigenvalue weighted by Crippen LogP contribution is 2.23. The van der Waals surface area contributed by atoms with Gasteiger partial charge in [0.2, 0.25) is 10.0 Å². The molecule has 1 saturated heterocycles. The first-order valence-electron chi connectivity index (χ1n) is 7.36. The third-order valence-electron chi connectivity index (χ3n) is 4.05. The summed E-state index contributed by atoms with van der Waals surface area (Å²) in [6.45, 7) is 4.54. The molecule has 2 rings (SSSR count). The van der Waals surface area contributed by atoms with Gasteiger partial charge in [-0.25, -0.2) is 8.42 Å². The van der Waals surface area contributed by atoms with Crippen LogP contribution in [0.1, 0.15) is 19.8 Å². The summed E-state index contributed by atoms with van der Waals surface area (Å²) in [4.78, 5) is 2.37. The second-order valence-corrected chi connectivity index (χ2v) is 7.77. The molecule has 118 valence electrons. The third kappa shape index (κ3) is 5.21. The molecule has 1 fully saturated rings. The molecule has 0 amide bonds. The summed E-state index contributed by atoms with van der Waals surface area (Å²) < 4.78 is 24.8. The third-order valence-corrected chi connectivity index (χ3v) is 4.66. The van der Waals surface area contributed by atoms with Crippen molar-refractivity contribution in [3.8, 4) is 0 Å². The van der Waals surface area contributed by atoms with E-state index < -0.39 is 10.0 Å². The number of rotatable bonds is 5. The number of anilines is 2. The number of hydrogen-bond acceptors (Lipinski definition) is 4. The van der Waals surface area contributed by atoms with Gasteiger partial charge in [-0.3, -0.25) is 4.72 Å². The van der Waals surface area contributed by atoms with Gasteiger partial charge in [0.05, 0.1) is 6.26 Å². The Morgan fingerprint density at radius 1 is 1.14 bits per heavy atom. The monoisotopic (exact) mass is 311 g/mol. The zero-order valence-corrected chi connectivity index (χ0v) is 13.8. The van der Waals surface area contributed by atoms with Crippen LogP contribution in [0.4, 0.5) is 11.4 Å². The van der Waals surface area contributed by atoms with Crippen molar-refractivity contribution >= 4 is 21.4 Å². The molecule has 1 aliphatic heterocycles. The van der Waals surface area contributed by atoms with Gasteiger partial charge in [0.25, 0.3) is 0 Å². The van der Waals surface area contributed by atoms with Crippen LogP contribution in [0.15, 0.2) is 24.3 Å². The molecule has 0 bridgehead atoms. The van der Waals surface area contributed by atoms with Crippen LogP contribution in [-0.4, -0.2) is 45.8 Å². The van der Waals surface area contributed by atoms with Gasteiger partial charge in [0.15, 0.2) is 0 Å². The zero-order valence-electron chi connectivity index (χ0n) is 13.0. The van der Waals surface area contributed by atoms with Gasteiger partial charge < -0.3 is 10.2 Å². The van der Waals surface area contributed by atoms with E-state index in [9.17, 15) is 8.42 Å². The highest BCUT2D eigenvalue weighted by atomic mass is 32.2. The fourth-order valence-corrected chi connectivity index (χ4v) is 3.32. The predicted molar refractivity (Wildman–Crippen MR) is 88.2 cm³/mol. The highest BCUT2D eigenvalue weighted by Gasteiger charge is 2.22. The van der Waals surface area contributed by atoms with Crippen LogP contribution < -0.4 is 10.0 Å². The first-order chi connectivity index (χ1) is 9.83. The maximum Gasteiger partial charge on any atom is 0.229 e. The topological polar surface area (TPSA) is 61.4 Å². The summed E-state index contributed by atoms with van der Waals surface area (Å²) >= 11 is 0. The van der Waals surface area contributed by atoms with Crippen LogP contribution in [-0.2, 0) is 10.0 Å². The molecule has 0 radical (unpaired) electrons. The van der Waals surface area contributed by atoms with E-state index in [4.69, 9.17) is 0 Å². The van der Waals surface area contributed by atoms with E-state index in [2.05, 4.69) is 28.9 Å². The summed E-state index contributed by atoms with van der Waals surface area (Å²) in [5, 5.41) is 3.52. The molecule has 5 nitrogen and oxygen atoms in total. The molecule has 0 spiro atoms. The van der Waals surface area contributed by atoms with Crippen molar-refractivity contribution < 1.29 is 8.42 Å². The lowest BCUT2D eigenvalue weighted by molar-refractivity contribution is 0.208. The first-order valence-corrected chi connectivity index (χ1v) is 9.25. The number of hydrogen-bond donors (Lipinski definition) is 2. The molecule has 0 aliphatic carbocycles. The molecule has 1 heterocycles. The van der Waals surface area contributed by atoms with Crippen molar-refractivity contribution in [2.45, 2.75) is 25.8 Å². The second kappa shape index (κ2) is 6.66. The minimum atomic E-state index is -3.21. The summed E-state index contributed by atoms with van der Waals surface area (Å²) in [5.74, 6) is 0.690. The largest absolute Gasteiger partial charge is 0.382 e. The summed E-state index contributed by atoms with van der Waals surface area (Å²) in [7, 11) is -1.04. The molecule has 21 heavy (non-hydrogen) atoms. The van der Waals surface area contributed by atoms with Crippen LogP contribution in [0.3, 0.4) is 0 Å².